The van der Waals surface area contributed by atoms with Gasteiger partial charge < -0.3 is 9.47 Å². The number of nitriles is 1. The number of rotatable bonds is 8. The Kier molecular flexibility index (Phi) is 9.09. The van der Waals surface area contributed by atoms with Gasteiger partial charge in [-0.1, -0.05) is 26.2 Å². The van der Waals surface area contributed by atoms with E-state index in [1.807, 2.05) is 0 Å². The summed E-state index contributed by atoms with van der Waals surface area (Å²) in [4.78, 5) is 11.3. The van der Waals surface area contributed by atoms with Crippen LogP contribution in [-0.4, -0.2) is 19.2 Å². The molecule has 0 amide bonds. The summed E-state index contributed by atoms with van der Waals surface area (Å²) in [7, 11) is 0. The Morgan fingerprint density at radius 3 is 2.62 bits per heavy atom. The predicted octanol–water partition coefficient (Wildman–Crippen LogP) is 2.55. The van der Waals surface area contributed by atoms with Gasteiger partial charge in [-0.15, -0.1) is 0 Å². The fraction of sp³-hybridized carbons (Fsp3) is 0.667. The van der Waals surface area contributed by atoms with E-state index in [1.165, 1.54) is 0 Å². The lowest BCUT2D eigenvalue weighted by atomic mass is 10.2. The summed E-state index contributed by atoms with van der Waals surface area (Å²) in [5, 5.41) is 8.66. The molecule has 0 heterocycles. The quantitative estimate of drug-likeness (QED) is 0.209. The SMILES string of the molecule is CCCCCCOC(=O)/C(C#N)=C/OCC. The van der Waals surface area contributed by atoms with Crippen LogP contribution in [-0.2, 0) is 14.3 Å². The van der Waals surface area contributed by atoms with Crippen molar-refractivity contribution in [1.29, 1.82) is 5.26 Å². The minimum absolute atomic E-state index is 0.0858. The van der Waals surface area contributed by atoms with Crippen molar-refractivity contribution in [1.82, 2.24) is 0 Å². The van der Waals surface area contributed by atoms with Crippen LogP contribution in [0.2, 0.25) is 0 Å². The van der Waals surface area contributed by atoms with Gasteiger partial charge in [-0.2, -0.15) is 5.26 Å². The minimum Gasteiger partial charge on any atom is -0.500 e. The summed E-state index contributed by atoms with van der Waals surface area (Å²) >= 11 is 0. The van der Waals surface area contributed by atoms with Gasteiger partial charge >= 0.3 is 5.97 Å². The lowest BCUT2D eigenvalue weighted by Crippen LogP contribution is -2.08. The molecule has 0 saturated heterocycles. The zero-order chi connectivity index (χ0) is 12.2. The smallest absolute Gasteiger partial charge is 0.352 e. The zero-order valence-electron chi connectivity index (χ0n) is 9.99. The van der Waals surface area contributed by atoms with Crippen LogP contribution in [0.5, 0.6) is 0 Å². The van der Waals surface area contributed by atoms with Gasteiger partial charge in [-0.3, -0.25) is 0 Å². The lowest BCUT2D eigenvalue weighted by molar-refractivity contribution is -0.138. The van der Waals surface area contributed by atoms with Crippen LogP contribution < -0.4 is 0 Å². The lowest BCUT2D eigenvalue weighted by Gasteiger charge is -2.03. The predicted molar refractivity (Wildman–Crippen MR) is 60.4 cm³/mol. The monoisotopic (exact) mass is 225 g/mol. The first-order chi connectivity index (χ1) is 7.76. The second-order valence-corrected chi connectivity index (χ2v) is 3.30. The van der Waals surface area contributed by atoms with Crippen LogP contribution in [0, 0.1) is 11.3 Å². The highest BCUT2D eigenvalue weighted by atomic mass is 16.5. The van der Waals surface area contributed by atoms with E-state index in [4.69, 9.17) is 14.7 Å². The molecule has 0 bridgehead atoms. The molecule has 0 fully saturated rings. The fourth-order valence-electron chi connectivity index (χ4n) is 1.06. The maximum atomic E-state index is 11.3. The molecular formula is C12H19NO3. The average Bonchev–Trinajstić information content (AvgIpc) is 2.30. The molecule has 0 aromatic carbocycles. The van der Waals surface area contributed by atoms with Crippen LogP contribution in [0.3, 0.4) is 0 Å². The van der Waals surface area contributed by atoms with E-state index in [-0.39, 0.29) is 5.57 Å². The Labute approximate surface area is 96.8 Å². The van der Waals surface area contributed by atoms with E-state index >= 15 is 0 Å². The summed E-state index contributed by atoms with van der Waals surface area (Å²) in [6, 6.07) is 1.75. The van der Waals surface area contributed by atoms with E-state index in [9.17, 15) is 4.79 Å². The first-order valence-corrected chi connectivity index (χ1v) is 5.65. The molecule has 0 atom stereocenters. The van der Waals surface area contributed by atoms with Crippen molar-refractivity contribution in [3.8, 4) is 6.07 Å². The largest absolute Gasteiger partial charge is 0.500 e. The Morgan fingerprint density at radius 1 is 1.31 bits per heavy atom. The molecule has 4 nitrogen and oxygen atoms in total. The van der Waals surface area contributed by atoms with E-state index in [0.717, 1.165) is 31.9 Å². The molecule has 0 aliphatic carbocycles. The number of unbranched alkanes of at least 4 members (excludes halogenated alkanes) is 3. The average molecular weight is 225 g/mol. The Bertz CT molecular complexity index is 266. The summed E-state index contributed by atoms with van der Waals surface area (Å²) in [6.07, 6.45) is 5.31. The van der Waals surface area contributed by atoms with Crippen molar-refractivity contribution in [3.05, 3.63) is 11.8 Å². The third-order valence-corrected chi connectivity index (χ3v) is 1.94. The van der Waals surface area contributed by atoms with Crippen molar-refractivity contribution in [3.63, 3.8) is 0 Å². The molecule has 0 aromatic heterocycles. The molecule has 90 valence electrons. The Morgan fingerprint density at radius 2 is 2.06 bits per heavy atom. The van der Waals surface area contributed by atoms with Gasteiger partial charge in [0.15, 0.2) is 5.57 Å². The van der Waals surface area contributed by atoms with Gasteiger partial charge in [0.2, 0.25) is 0 Å². The van der Waals surface area contributed by atoms with Crippen molar-refractivity contribution in [2.75, 3.05) is 13.2 Å². The molecule has 0 radical (unpaired) electrons. The molecule has 0 rings (SSSR count). The highest BCUT2D eigenvalue weighted by molar-refractivity contribution is 5.92. The zero-order valence-corrected chi connectivity index (χ0v) is 9.99. The standard InChI is InChI=1S/C12H19NO3/c1-3-5-6-7-8-16-12(14)11(9-13)10-15-4-2/h10H,3-8H2,1-2H3/b11-10+. The summed E-state index contributed by atoms with van der Waals surface area (Å²) < 4.78 is 9.80. The van der Waals surface area contributed by atoms with E-state index in [1.54, 1.807) is 13.0 Å². The van der Waals surface area contributed by atoms with Gasteiger partial charge in [0, 0.05) is 0 Å². The molecule has 0 N–H and O–H groups in total. The van der Waals surface area contributed by atoms with Crippen molar-refractivity contribution in [2.45, 2.75) is 39.5 Å². The third kappa shape index (κ3) is 6.88. The number of carbonyl (C=O) groups excluding carboxylic acids is 1. The van der Waals surface area contributed by atoms with Gasteiger partial charge in [-0.25, -0.2) is 4.79 Å². The molecule has 0 saturated carbocycles. The van der Waals surface area contributed by atoms with Gasteiger partial charge in [0.1, 0.15) is 12.3 Å². The maximum absolute atomic E-state index is 11.3. The summed E-state index contributed by atoms with van der Waals surface area (Å²) in [5.41, 5.74) is -0.0858. The molecule has 0 spiro atoms. The molecule has 0 unspecified atom stereocenters. The topological polar surface area (TPSA) is 59.3 Å². The number of nitrogens with zero attached hydrogens (tertiary/aromatic N) is 1. The Balaban J connectivity index is 3.81. The number of esters is 1. The van der Waals surface area contributed by atoms with Crippen LogP contribution in [0.4, 0.5) is 0 Å². The highest BCUT2D eigenvalue weighted by Gasteiger charge is 2.10. The normalized spacial score (nSPS) is 10.7. The van der Waals surface area contributed by atoms with Crippen molar-refractivity contribution < 1.29 is 14.3 Å². The van der Waals surface area contributed by atoms with Gasteiger partial charge in [0.05, 0.1) is 13.2 Å². The maximum Gasteiger partial charge on any atom is 0.352 e. The molecule has 0 aliphatic heterocycles. The van der Waals surface area contributed by atoms with Crippen LogP contribution in [0.15, 0.2) is 11.8 Å². The van der Waals surface area contributed by atoms with E-state index < -0.39 is 5.97 Å². The number of hydrogen-bond donors (Lipinski definition) is 0. The van der Waals surface area contributed by atoms with E-state index in [2.05, 4.69) is 6.92 Å². The number of hydrogen-bond acceptors (Lipinski definition) is 4. The molecule has 0 aliphatic rings. The van der Waals surface area contributed by atoms with Gasteiger partial charge in [-0.05, 0) is 13.3 Å². The van der Waals surface area contributed by atoms with Crippen molar-refractivity contribution in [2.24, 2.45) is 0 Å². The van der Waals surface area contributed by atoms with Crippen LogP contribution in [0.25, 0.3) is 0 Å². The second kappa shape index (κ2) is 10.0. The first kappa shape index (κ1) is 14.5. The number of ether oxygens (including phenoxy) is 2. The molecule has 0 aromatic rings. The van der Waals surface area contributed by atoms with Gasteiger partial charge in [0.25, 0.3) is 0 Å². The highest BCUT2D eigenvalue weighted by Crippen LogP contribution is 2.02. The van der Waals surface area contributed by atoms with E-state index in [0.29, 0.717) is 13.2 Å². The van der Waals surface area contributed by atoms with Crippen LogP contribution >= 0.6 is 0 Å². The summed E-state index contributed by atoms with van der Waals surface area (Å²) in [6.45, 7) is 4.69. The second-order valence-electron chi connectivity index (χ2n) is 3.30. The first-order valence-electron chi connectivity index (χ1n) is 5.65. The minimum atomic E-state index is -0.604. The third-order valence-electron chi connectivity index (χ3n) is 1.94. The Hall–Kier alpha value is -1.50. The van der Waals surface area contributed by atoms with Crippen molar-refractivity contribution >= 4 is 5.97 Å². The molecule has 4 heteroatoms. The number of carbonyl (C=O) groups is 1. The molecular weight excluding hydrogens is 206 g/mol. The molecule has 16 heavy (non-hydrogen) atoms. The van der Waals surface area contributed by atoms with Crippen LogP contribution in [0.1, 0.15) is 39.5 Å². The summed E-state index contributed by atoms with van der Waals surface area (Å²) in [5.74, 6) is -0.604. The fourth-order valence-corrected chi connectivity index (χ4v) is 1.06.